The molecular formula is C4H9N2P. The Kier molecular flexibility index (Phi) is 2.05. The largest absolute Gasteiger partial charge is 0.204 e. The maximum absolute atomic E-state index is 8.01. The van der Waals surface area contributed by atoms with Gasteiger partial charge in [-0.15, -0.1) is 0 Å². The van der Waals surface area contributed by atoms with E-state index < -0.39 is 7.05 Å². The van der Waals surface area contributed by atoms with Crippen LogP contribution in [0.25, 0.3) is 0 Å². The number of nitriles is 1. The molecule has 0 aromatic carbocycles. The fraction of sp³-hybridized carbons (Fsp3) is 0.750. The first-order chi connectivity index (χ1) is 3.06. The summed E-state index contributed by atoms with van der Waals surface area (Å²) < 4.78 is 3.67. The molecule has 0 aromatic heterocycles. The molecule has 0 saturated carbocycles. The average molecular weight is 116 g/mol. The van der Waals surface area contributed by atoms with Crippen LogP contribution in [0.15, 0.2) is 4.74 Å². The summed E-state index contributed by atoms with van der Waals surface area (Å²) in [4.78, 5) is 0. The third kappa shape index (κ3) is 5.72. The second-order valence-corrected chi connectivity index (χ2v) is 6.22. The van der Waals surface area contributed by atoms with E-state index in [9.17, 15) is 0 Å². The van der Waals surface area contributed by atoms with Crippen molar-refractivity contribution in [1.82, 2.24) is 0 Å². The Balaban J connectivity index is 4.08. The molecule has 0 aliphatic heterocycles. The molecule has 0 fully saturated rings. The molecule has 7 heavy (non-hydrogen) atoms. The fourth-order valence-electron chi connectivity index (χ4n) is 0.134. The van der Waals surface area contributed by atoms with Gasteiger partial charge < -0.3 is 0 Å². The van der Waals surface area contributed by atoms with E-state index in [0.717, 1.165) is 0 Å². The van der Waals surface area contributed by atoms with Crippen LogP contribution in [0, 0.1) is 11.5 Å². The molecule has 40 valence electrons. The Bertz CT molecular complexity index is 128. The first-order valence-electron chi connectivity index (χ1n) is 1.99. The third-order valence-corrected chi connectivity index (χ3v) is 1.03. The lowest BCUT2D eigenvalue weighted by atomic mass is 11.5. The van der Waals surface area contributed by atoms with Crippen molar-refractivity contribution in [3.8, 4) is 6.19 Å². The molecule has 0 N–H and O–H groups in total. The van der Waals surface area contributed by atoms with Gasteiger partial charge in [0.05, 0.1) is 0 Å². The van der Waals surface area contributed by atoms with Crippen molar-refractivity contribution in [2.45, 2.75) is 0 Å². The van der Waals surface area contributed by atoms with Crippen LogP contribution in [0.4, 0.5) is 0 Å². The third-order valence-electron chi connectivity index (χ3n) is 0.345. The highest BCUT2D eigenvalue weighted by Gasteiger charge is 1.90. The van der Waals surface area contributed by atoms with Gasteiger partial charge in [0.2, 0.25) is 6.19 Å². The molecule has 0 spiro atoms. The van der Waals surface area contributed by atoms with Gasteiger partial charge in [0.25, 0.3) is 0 Å². The topological polar surface area (TPSA) is 36.1 Å². The lowest BCUT2D eigenvalue weighted by Crippen LogP contribution is -1.65. The van der Waals surface area contributed by atoms with E-state index >= 15 is 0 Å². The molecule has 0 aliphatic rings. The van der Waals surface area contributed by atoms with Crippen molar-refractivity contribution in [3.05, 3.63) is 0 Å². The second kappa shape index (κ2) is 2.14. The van der Waals surface area contributed by atoms with Crippen molar-refractivity contribution >= 4 is 7.05 Å². The fourth-order valence-corrected chi connectivity index (χ4v) is 0.402. The minimum atomic E-state index is -1.15. The molecule has 0 aliphatic carbocycles. The highest BCUT2D eigenvalue weighted by molar-refractivity contribution is 7.64. The molecule has 3 heteroatoms. The Morgan fingerprint density at radius 1 is 1.43 bits per heavy atom. The summed E-state index contributed by atoms with van der Waals surface area (Å²) >= 11 is 0. The Labute approximate surface area is 44.2 Å². The maximum Gasteiger partial charge on any atom is 0.204 e. The standard InChI is InChI=1S/C4H9N2P/c1-7(2,3)6-4-5/h1-3H3. The summed E-state index contributed by atoms with van der Waals surface area (Å²) in [7, 11) is -1.15. The summed E-state index contributed by atoms with van der Waals surface area (Å²) in [5.74, 6) is 0. The predicted octanol–water partition coefficient (Wildman–Crippen LogP) is 1.56. The zero-order chi connectivity index (χ0) is 5.91. The van der Waals surface area contributed by atoms with Gasteiger partial charge in [-0.2, -0.15) is 10.0 Å². The number of rotatable bonds is 0. The Morgan fingerprint density at radius 2 is 1.86 bits per heavy atom. The van der Waals surface area contributed by atoms with E-state index in [1.165, 1.54) is 0 Å². The summed E-state index contributed by atoms with van der Waals surface area (Å²) in [6, 6.07) is 0. The van der Waals surface area contributed by atoms with Crippen LogP contribution in [0.1, 0.15) is 0 Å². The molecule has 0 saturated heterocycles. The molecule has 0 heterocycles. The van der Waals surface area contributed by atoms with Crippen LogP contribution in [0.2, 0.25) is 0 Å². The van der Waals surface area contributed by atoms with Gasteiger partial charge in [-0.05, 0) is 27.0 Å². The molecule has 0 rings (SSSR count). The molecule has 0 atom stereocenters. The van der Waals surface area contributed by atoms with Gasteiger partial charge in [0, 0.05) is 0 Å². The second-order valence-electron chi connectivity index (χ2n) is 2.14. The number of hydrogen-bond acceptors (Lipinski definition) is 2. The Hall–Kier alpha value is -0.280. The summed E-state index contributed by atoms with van der Waals surface area (Å²) in [6.07, 6.45) is 1.78. The van der Waals surface area contributed by atoms with Crippen molar-refractivity contribution in [3.63, 3.8) is 0 Å². The maximum atomic E-state index is 8.01. The van der Waals surface area contributed by atoms with Gasteiger partial charge >= 0.3 is 0 Å². The van der Waals surface area contributed by atoms with Crippen LogP contribution in [0.3, 0.4) is 0 Å². The minimum absolute atomic E-state index is 1.15. The van der Waals surface area contributed by atoms with Crippen LogP contribution in [0.5, 0.6) is 0 Å². The Morgan fingerprint density at radius 3 is 1.86 bits per heavy atom. The number of nitrogens with zero attached hydrogens (tertiary/aromatic N) is 2. The molecule has 0 amide bonds. The van der Waals surface area contributed by atoms with E-state index in [0.29, 0.717) is 0 Å². The van der Waals surface area contributed by atoms with Crippen LogP contribution < -0.4 is 0 Å². The van der Waals surface area contributed by atoms with Crippen molar-refractivity contribution < 1.29 is 0 Å². The van der Waals surface area contributed by atoms with Gasteiger partial charge in [-0.3, -0.25) is 0 Å². The van der Waals surface area contributed by atoms with Crippen molar-refractivity contribution in [2.24, 2.45) is 4.74 Å². The van der Waals surface area contributed by atoms with E-state index in [4.69, 9.17) is 5.26 Å². The minimum Gasteiger partial charge on any atom is -0.195 e. The van der Waals surface area contributed by atoms with Crippen molar-refractivity contribution in [1.29, 1.82) is 5.26 Å². The van der Waals surface area contributed by atoms with Crippen molar-refractivity contribution in [2.75, 3.05) is 20.0 Å². The molecule has 0 radical (unpaired) electrons. The monoisotopic (exact) mass is 116 g/mol. The highest BCUT2D eigenvalue weighted by Crippen LogP contribution is 2.34. The molecule has 0 unspecified atom stereocenters. The van der Waals surface area contributed by atoms with E-state index in [1.54, 1.807) is 6.19 Å². The van der Waals surface area contributed by atoms with E-state index in [1.807, 2.05) is 20.0 Å². The van der Waals surface area contributed by atoms with E-state index in [2.05, 4.69) is 4.74 Å². The first-order valence-corrected chi connectivity index (χ1v) is 5.07. The molecule has 0 bridgehead atoms. The normalized spacial score (nSPS) is 10.0. The molecule has 0 aromatic rings. The number of hydrogen-bond donors (Lipinski definition) is 0. The summed E-state index contributed by atoms with van der Waals surface area (Å²) in [6.45, 7) is 5.99. The zero-order valence-electron chi connectivity index (χ0n) is 4.84. The van der Waals surface area contributed by atoms with E-state index in [-0.39, 0.29) is 0 Å². The lowest BCUT2D eigenvalue weighted by Gasteiger charge is -1.96. The van der Waals surface area contributed by atoms with Gasteiger partial charge in [0.15, 0.2) is 0 Å². The molecule has 2 nitrogen and oxygen atoms in total. The quantitative estimate of drug-likeness (QED) is 0.349. The smallest absolute Gasteiger partial charge is 0.195 e. The summed E-state index contributed by atoms with van der Waals surface area (Å²) in [5.41, 5.74) is 0. The van der Waals surface area contributed by atoms with Gasteiger partial charge in [-0.1, -0.05) is 0 Å². The summed E-state index contributed by atoms with van der Waals surface area (Å²) in [5, 5.41) is 8.01. The molecular weight excluding hydrogens is 107 g/mol. The first kappa shape index (κ1) is 6.72. The van der Waals surface area contributed by atoms with Crippen LogP contribution in [-0.4, -0.2) is 20.0 Å². The van der Waals surface area contributed by atoms with Crippen LogP contribution >= 0.6 is 7.05 Å². The average Bonchev–Trinajstić information content (AvgIpc) is 1.30. The van der Waals surface area contributed by atoms with Crippen LogP contribution in [-0.2, 0) is 0 Å². The lowest BCUT2D eigenvalue weighted by molar-refractivity contribution is 1.45. The predicted molar refractivity (Wildman–Crippen MR) is 32.7 cm³/mol. The zero-order valence-corrected chi connectivity index (χ0v) is 5.74. The highest BCUT2D eigenvalue weighted by atomic mass is 31.2. The van der Waals surface area contributed by atoms with Gasteiger partial charge in [0.1, 0.15) is 0 Å². The SMILES string of the molecule is CP(C)(C)=NC#N. The van der Waals surface area contributed by atoms with Gasteiger partial charge in [-0.25, -0.2) is 0 Å².